The molecule has 2 bridgehead atoms. The minimum atomic E-state index is 0.199. The summed E-state index contributed by atoms with van der Waals surface area (Å²) in [4.78, 5) is 11.9. The number of hydrogen-bond acceptors (Lipinski definition) is 1. The van der Waals surface area contributed by atoms with E-state index >= 15 is 0 Å². The largest absolute Gasteiger partial charge is 0.353 e. The van der Waals surface area contributed by atoms with Crippen molar-refractivity contribution >= 4 is 5.91 Å². The Bertz CT molecular complexity index is 451. The Balaban J connectivity index is 1.47. The summed E-state index contributed by atoms with van der Waals surface area (Å²) in [6.45, 7) is 0. The van der Waals surface area contributed by atoms with E-state index in [4.69, 9.17) is 0 Å². The zero-order valence-electron chi connectivity index (χ0n) is 10.5. The fourth-order valence-electron chi connectivity index (χ4n) is 3.13. The molecule has 2 nitrogen and oxygen atoms in total. The van der Waals surface area contributed by atoms with Gasteiger partial charge >= 0.3 is 0 Å². The maximum Gasteiger partial charge on any atom is 0.220 e. The first-order valence-electron chi connectivity index (χ1n) is 6.83. The molecule has 1 aromatic rings. The molecule has 0 heterocycles. The van der Waals surface area contributed by atoms with E-state index in [0.717, 1.165) is 18.8 Å². The van der Waals surface area contributed by atoms with Crippen LogP contribution in [-0.4, -0.2) is 11.9 Å². The van der Waals surface area contributed by atoms with Gasteiger partial charge in [-0.2, -0.15) is 0 Å². The highest BCUT2D eigenvalue weighted by atomic mass is 16.1. The van der Waals surface area contributed by atoms with Crippen molar-refractivity contribution in [3.05, 3.63) is 48.0 Å². The average molecular weight is 241 g/mol. The molecule has 1 fully saturated rings. The van der Waals surface area contributed by atoms with Crippen molar-refractivity contribution in [1.29, 1.82) is 0 Å². The number of rotatable bonds is 4. The van der Waals surface area contributed by atoms with Gasteiger partial charge in [-0.1, -0.05) is 42.5 Å². The SMILES string of the molecule is O=C(CCc1ccccc1)NC1CC2C=CC1C2. The van der Waals surface area contributed by atoms with E-state index in [0.29, 0.717) is 18.4 Å². The number of hydrogen-bond donors (Lipinski definition) is 1. The summed E-state index contributed by atoms with van der Waals surface area (Å²) in [6.07, 6.45) is 8.39. The number of amides is 1. The highest BCUT2D eigenvalue weighted by molar-refractivity contribution is 5.76. The number of benzene rings is 1. The topological polar surface area (TPSA) is 29.1 Å². The predicted octanol–water partition coefficient (Wildman–Crippen LogP) is 2.70. The molecule has 1 aromatic carbocycles. The monoisotopic (exact) mass is 241 g/mol. The first-order valence-corrected chi connectivity index (χ1v) is 6.83. The van der Waals surface area contributed by atoms with Crippen LogP contribution < -0.4 is 5.32 Å². The van der Waals surface area contributed by atoms with Crippen LogP contribution in [0.15, 0.2) is 42.5 Å². The van der Waals surface area contributed by atoms with Gasteiger partial charge < -0.3 is 5.32 Å². The van der Waals surface area contributed by atoms with Crippen LogP contribution in [0.25, 0.3) is 0 Å². The third-order valence-corrected chi connectivity index (χ3v) is 4.11. The predicted molar refractivity (Wildman–Crippen MR) is 72.0 cm³/mol. The highest BCUT2D eigenvalue weighted by Gasteiger charge is 2.36. The zero-order valence-corrected chi connectivity index (χ0v) is 10.5. The van der Waals surface area contributed by atoms with Gasteiger partial charge in [-0.15, -0.1) is 0 Å². The van der Waals surface area contributed by atoms with E-state index in [9.17, 15) is 4.79 Å². The molecule has 94 valence electrons. The van der Waals surface area contributed by atoms with Crippen molar-refractivity contribution in [1.82, 2.24) is 5.32 Å². The van der Waals surface area contributed by atoms with Crippen LogP contribution >= 0.6 is 0 Å². The molecule has 1 saturated carbocycles. The van der Waals surface area contributed by atoms with E-state index in [2.05, 4.69) is 29.6 Å². The highest BCUT2D eigenvalue weighted by Crippen LogP contribution is 2.38. The van der Waals surface area contributed by atoms with Gasteiger partial charge in [0.1, 0.15) is 0 Å². The lowest BCUT2D eigenvalue weighted by atomic mass is 10.0. The summed E-state index contributed by atoms with van der Waals surface area (Å²) in [6, 6.07) is 10.6. The summed E-state index contributed by atoms with van der Waals surface area (Å²) in [5.74, 6) is 1.51. The zero-order chi connectivity index (χ0) is 12.4. The molecule has 0 radical (unpaired) electrons. The number of allylic oxidation sites excluding steroid dienone is 1. The van der Waals surface area contributed by atoms with E-state index in [-0.39, 0.29) is 5.91 Å². The van der Waals surface area contributed by atoms with Gasteiger partial charge in [0.2, 0.25) is 5.91 Å². The lowest BCUT2D eigenvalue weighted by Crippen LogP contribution is -2.37. The molecule has 3 unspecified atom stereocenters. The molecule has 0 aromatic heterocycles. The summed E-state index contributed by atoms with van der Waals surface area (Å²) in [5.41, 5.74) is 1.24. The molecule has 1 N–H and O–H groups in total. The van der Waals surface area contributed by atoms with Crippen molar-refractivity contribution in [3.8, 4) is 0 Å². The van der Waals surface area contributed by atoms with Crippen molar-refractivity contribution in [2.24, 2.45) is 11.8 Å². The molecule has 1 amide bonds. The van der Waals surface area contributed by atoms with E-state index in [1.54, 1.807) is 0 Å². The normalized spacial score (nSPS) is 28.6. The van der Waals surface area contributed by atoms with E-state index < -0.39 is 0 Å². The third-order valence-electron chi connectivity index (χ3n) is 4.11. The Hall–Kier alpha value is -1.57. The van der Waals surface area contributed by atoms with Crippen LogP contribution in [-0.2, 0) is 11.2 Å². The Labute approximate surface area is 108 Å². The summed E-state index contributed by atoms with van der Waals surface area (Å²) >= 11 is 0. The summed E-state index contributed by atoms with van der Waals surface area (Å²) < 4.78 is 0. The Morgan fingerprint density at radius 3 is 2.67 bits per heavy atom. The average Bonchev–Trinajstić information content (AvgIpc) is 3.00. The number of fused-ring (bicyclic) bond motifs is 2. The fraction of sp³-hybridized carbons (Fsp3) is 0.438. The lowest BCUT2D eigenvalue weighted by Gasteiger charge is -2.19. The number of aryl methyl sites for hydroxylation is 1. The van der Waals surface area contributed by atoms with Gasteiger partial charge in [0.15, 0.2) is 0 Å². The van der Waals surface area contributed by atoms with Gasteiger partial charge in [-0.3, -0.25) is 4.79 Å². The quantitative estimate of drug-likeness (QED) is 0.807. The maximum atomic E-state index is 11.9. The number of carbonyl (C=O) groups is 1. The molecule has 0 saturated heterocycles. The van der Waals surface area contributed by atoms with Crippen molar-refractivity contribution < 1.29 is 4.79 Å². The molecule has 2 heteroatoms. The van der Waals surface area contributed by atoms with Crippen LogP contribution in [0.4, 0.5) is 0 Å². The smallest absolute Gasteiger partial charge is 0.220 e. The fourth-order valence-corrected chi connectivity index (χ4v) is 3.13. The van der Waals surface area contributed by atoms with Crippen LogP contribution in [0.3, 0.4) is 0 Å². The van der Waals surface area contributed by atoms with Gasteiger partial charge in [0.05, 0.1) is 0 Å². The second kappa shape index (κ2) is 4.97. The lowest BCUT2D eigenvalue weighted by molar-refractivity contribution is -0.121. The summed E-state index contributed by atoms with van der Waals surface area (Å²) in [7, 11) is 0. The molecular weight excluding hydrogens is 222 g/mol. The van der Waals surface area contributed by atoms with Crippen LogP contribution in [0.5, 0.6) is 0 Å². The third kappa shape index (κ3) is 2.47. The molecule has 3 atom stereocenters. The molecular formula is C16H19NO. The standard InChI is InChI=1S/C16H19NO/c18-16(9-7-12-4-2-1-3-5-12)17-15-11-13-6-8-14(15)10-13/h1-6,8,13-15H,7,9-11H2,(H,17,18). The molecule has 0 spiro atoms. The second-order valence-corrected chi connectivity index (χ2v) is 5.44. The molecule has 18 heavy (non-hydrogen) atoms. The van der Waals surface area contributed by atoms with Crippen LogP contribution in [0, 0.1) is 11.8 Å². The molecule has 3 rings (SSSR count). The van der Waals surface area contributed by atoms with Gasteiger partial charge in [0, 0.05) is 12.5 Å². The van der Waals surface area contributed by atoms with Crippen molar-refractivity contribution in [2.75, 3.05) is 0 Å². The van der Waals surface area contributed by atoms with Crippen molar-refractivity contribution in [2.45, 2.75) is 31.7 Å². The first kappa shape index (κ1) is 11.5. The minimum absolute atomic E-state index is 0.199. The Kier molecular flexibility index (Phi) is 3.18. The van der Waals surface area contributed by atoms with Gasteiger partial charge in [-0.25, -0.2) is 0 Å². The van der Waals surface area contributed by atoms with Crippen molar-refractivity contribution in [3.63, 3.8) is 0 Å². The number of carbonyl (C=O) groups excluding carboxylic acids is 1. The van der Waals surface area contributed by atoms with Gasteiger partial charge in [-0.05, 0) is 36.7 Å². The van der Waals surface area contributed by atoms with E-state index in [1.165, 1.54) is 12.0 Å². The maximum absolute atomic E-state index is 11.9. The van der Waals surface area contributed by atoms with E-state index in [1.807, 2.05) is 18.2 Å². The Morgan fingerprint density at radius 2 is 2.00 bits per heavy atom. The Morgan fingerprint density at radius 1 is 1.17 bits per heavy atom. The molecule has 2 aliphatic carbocycles. The van der Waals surface area contributed by atoms with Crippen LogP contribution in [0.1, 0.15) is 24.8 Å². The van der Waals surface area contributed by atoms with Gasteiger partial charge in [0.25, 0.3) is 0 Å². The molecule has 2 aliphatic rings. The number of nitrogens with one attached hydrogen (secondary N) is 1. The van der Waals surface area contributed by atoms with Crippen LogP contribution in [0.2, 0.25) is 0 Å². The first-order chi connectivity index (χ1) is 8.81. The second-order valence-electron chi connectivity index (χ2n) is 5.44. The minimum Gasteiger partial charge on any atom is -0.353 e. The molecule has 0 aliphatic heterocycles. The summed E-state index contributed by atoms with van der Waals surface area (Å²) in [5, 5.41) is 3.19.